The Hall–Kier alpha value is -1.30. The number of benzene rings is 1. The molecule has 0 aliphatic heterocycles. The number of hydrogen-bond acceptors (Lipinski definition) is 3. The number of nitrogens with two attached hydrogens (primary N) is 1. The summed E-state index contributed by atoms with van der Waals surface area (Å²) in [4.78, 5) is 0. The summed E-state index contributed by atoms with van der Waals surface area (Å²) in [6.45, 7) is 0.585. The molecular formula is C8H12ClN5. The Morgan fingerprint density at radius 1 is 1.36 bits per heavy atom. The highest BCUT2D eigenvalue weighted by molar-refractivity contribution is 6.30. The molecule has 0 aromatic heterocycles. The largest absolute Gasteiger partial charge is 0.294 e. The van der Waals surface area contributed by atoms with Crippen LogP contribution in [0.25, 0.3) is 0 Å². The van der Waals surface area contributed by atoms with Crippen LogP contribution >= 0.6 is 11.6 Å². The molecule has 0 spiro atoms. The summed E-state index contributed by atoms with van der Waals surface area (Å²) in [6, 6.07) is 7.42. The Labute approximate surface area is 87.1 Å². The molecule has 1 aromatic carbocycles. The molecule has 5 nitrogen and oxygen atoms in total. The summed E-state index contributed by atoms with van der Waals surface area (Å²) >= 11 is 5.72. The van der Waals surface area contributed by atoms with Gasteiger partial charge in [0.05, 0.1) is 0 Å². The van der Waals surface area contributed by atoms with E-state index in [9.17, 15) is 0 Å². The fourth-order valence-corrected chi connectivity index (χ4v) is 0.999. The van der Waals surface area contributed by atoms with E-state index in [4.69, 9.17) is 22.9 Å². The Balaban J connectivity index is 2.31. The lowest BCUT2D eigenvalue weighted by molar-refractivity contribution is 0.633. The van der Waals surface area contributed by atoms with Gasteiger partial charge in [-0.2, -0.15) is 0 Å². The minimum Gasteiger partial charge on any atom is -0.294 e. The number of guanidine groups is 1. The van der Waals surface area contributed by atoms with Gasteiger partial charge in [-0.15, -0.1) is 0 Å². The maximum atomic E-state index is 7.11. The monoisotopic (exact) mass is 213 g/mol. The van der Waals surface area contributed by atoms with E-state index < -0.39 is 0 Å². The maximum absolute atomic E-state index is 7.11. The Morgan fingerprint density at radius 3 is 2.57 bits per heavy atom. The molecule has 0 aliphatic carbocycles. The third-order valence-corrected chi connectivity index (χ3v) is 1.82. The van der Waals surface area contributed by atoms with Crippen LogP contribution < -0.4 is 22.1 Å². The van der Waals surface area contributed by atoms with E-state index in [-0.39, 0.29) is 5.96 Å². The molecule has 0 radical (unpaired) electrons. The molecule has 0 aliphatic rings. The Kier molecular flexibility index (Phi) is 4.18. The van der Waals surface area contributed by atoms with Crippen molar-refractivity contribution in [1.29, 1.82) is 5.41 Å². The molecule has 0 fully saturated rings. The van der Waals surface area contributed by atoms with Crippen LogP contribution in [0.1, 0.15) is 5.56 Å². The molecule has 0 unspecified atom stereocenters. The molecule has 6 heteroatoms. The molecule has 0 atom stereocenters. The minimum atomic E-state index is 0.0129. The number of halogens is 1. The summed E-state index contributed by atoms with van der Waals surface area (Å²) in [5.41, 5.74) is 8.58. The van der Waals surface area contributed by atoms with Crippen LogP contribution in [0.2, 0.25) is 5.02 Å². The van der Waals surface area contributed by atoms with Gasteiger partial charge < -0.3 is 0 Å². The molecule has 0 saturated carbocycles. The van der Waals surface area contributed by atoms with Crippen LogP contribution in [0.5, 0.6) is 0 Å². The van der Waals surface area contributed by atoms with Crippen LogP contribution in [-0.2, 0) is 6.54 Å². The van der Waals surface area contributed by atoms with Crippen molar-refractivity contribution in [1.82, 2.24) is 16.3 Å². The SMILES string of the molecule is N=C(NN)NNCc1ccc(Cl)cc1. The van der Waals surface area contributed by atoms with Gasteiger partial charge in [-0.3, -0.25) is 16.3 Å². The van der Waals surface area contributed by atoms with Crippen LogP contribution in [0.3, 0.4) is 0 Å². The van der Waals surface area contributed by atoms with Gasteiger partial charge in [0.2, 0.25) is 5.96 Å². The highest BCUT2D eigenvalue weighted by Gasteiger charge is 1.93. The van der Waals surface area contributed by atoms with Crippen molar-refractivity contribution in [3.8, 4) is 0 Å². The van der Waals surface area contributed by atoms with E-state index >= 15 is 0 Å². The predicted octanol–water partition coefficient (Wildman–Crippen LogP) is 0.332. The summed E-state index contributed by atoms with van der Waals surface area (Å²) < 4.78 is 0. The molecule has 0 amide bonds. The summed E-state index contributed by atoms with van der Waals surface area (Å²) in [5, 5.41) is 7.81. The zero-order chi connectivity index (χ0) is 10.4. The van der Waals surface area contributed by atoms with Crippen LogP contribution in [0.4, 0.5) is 0 Å². The number of hydrazine groups is 2. The molecule has 1 rings (SSSR count). The minimum absolute atomic E-state index is 0.0129. The summed E-state index contributed by atoms with van der Waals surface area (Å²) in [5.74, 6) is 4.99. The number of hydrogen-bond donors (Lipinski definition) is 5. The van der Waals surface area contributed by atoms with E-state index in [2.05, 4.69) is 16.3 Å². The second-order valence-electron chi connectivity index (χ2n) is 2.62. The normalized spacial score (nSPS) is 9.57. The molecular weight excluding hydrogens is 202 g/mol. The van der Waals surface area contributed by atoms with Crippen molar-refractivity contribution in [3.63, 3.8) is 0 Å². The predicted molar refractivity (Wildman–Crippen MR) is 56.5 cm³/mol. The molecule has 1 aromatic rings. The van der Waals surface area contributed by atoms with E-state index in [1.807, 2.05) is 24.3 Å². The van der Waals surface area contributed by atoms with Crippen LogP contribution in [-0.4, -0.2) is 5.96 Å². The first-order valence-electron chi connectivity index (χ1n) is 4.01. The second kappa shape index (κ2) is 5.43. The lowest BCUT2D eigenvalue weighted by atomic mass is 10.2. The quantitative estimate of drug-likeness (QED) is 0.217. The van der Waals surface area contributed by atoms with Crippen molar-refractivity contribution >= 4 is 17.6 Å². The highest BCUT2D eigenvalue weighted by Crippen LogP contribution is 2.08. The third kappa shape index (κ3) is 3.61. The molecule has 14 heavy (non-hydrogen) atoms. The first kappa shape index (κ1) is 10.8. The topological polar surface area (TPSA) is 86.0 Å². The summed E-state index contributed by atoms with van der Waals surface area (Å²) in [6.07, 6.45) is 0. The van der Waals surface area contributed by atoms with Gasteiger partial charge in [-0.25, -0.2) is 11.3 Å². The van der Waals surface area contributed by atoms with Crippen molar-refractivity contribution in [2.75, 3.05) is 0 Å². The van der Waals surface area contributed by atoms with E-state index in [1.165, 1.54) is 0 Å². The molecule has 0 heterocycles. The van der Waals surface area contributed by atoms with Crippen molar-refractivity contribution < 1.29 is 0 Å². The van der Waals surface area contributed by atoms with Crippen molar-refractivity contribution in [3.05, 3.63) is 34.9 Å². The van der Waals surface area contributed by atoms with Crippen molar-refractivity contribution in [2.24, 2.45) is 5.84 Å². The van der Waals surface area contributed by atoms with Gasteiger partial charge in [0.15, 0.2) is 0 Å². The van der Waals surface area contributed by atoms with Gasteiger partial charge >= 0.3 is 0 Å². The number of nitrogens with one attached hydrogen (secondary N) is 4. The zero-order valence-corrected chi connectivity index (χ0v) is 8.23. The van der Waals surface area contributed by atoms with Gasteiger partial charge in [0.1, 0.15) is 0 Å². The van der Waals surface area contributed by atoms with Crippen LogP contribution in [0.15, 0.2) is 24.3 Å². The van der Waals surface area contributed by atoms with Gasteiger partial charge in [0.25, 0.3) is 0 Å². The lowest BCUT2D eigenvalue weighted by Gasteiger charge is -2.08. The Bertz CT molecular complexity index is 297. The first-order valence-corrected chi connectivity index (χ1v) is 4.38. The molecule has 76 valence electrons. The third-order valence-electron chi connectivity index (χ3n) is 1.56. The zero-order valence-electron chi connectivity index (χ0n) is 7.47. The van der Waals surface area contributed by atoms with Gasteiger partial charge in [-0.05, 0) is 17.7 Å². The van der Waals surface area contributed by atoms with Gasteiger partial charge in [-0.1, -0.05) is 23.7 Å². The molecule has 0 bridgehead atoms. The van der Waals surface area contributed by atoms with E-state index in [0.29, 0.717) is 11.6 Å². The fraction of sp³-hybridized carbons (Fsp3) is 0.125. The smallest absolute Gasteiger partial charge is 0.217 e. The summed E-state index contributed by atoms with van der Waals surface area (Å²) in [7, 11) is 0. The second-order valence-corrected chi connectivity index (χ2v) is 3.06. The average molecular weight is 214 g/mol. The van der Waals surface area contributed by atoms with E-state index in [0.717, 1.165) is 5.56 Å². The van der Waals surface area contributed by atoms with Crippen LogP contribution in [0, 0.1) is 5.41 Å². The molecule has 0 saturated heterocycles. The van der Waals surface area contributed by atoms with Crippen molar-refractivity contribution in [2.45, 2.75) is 6.54 Å². The lowest BCUT2D eigenvalue weighted by Crippen LogP contribution is -2.47. The van der Waals surface area contributed by atoms with E-state index in [1.54, 1.807) is 0 Å². The Morgan fingerprint density at radius 2 is 2.00 bits per heavy atom. The fourth-order valence-electron chi connectivity index (χ4n) is 0.873. The first-order chi connectivity index (χ1) is 6.72. The standard InChI is InChI=1S/C8H12ClN5/c9-7-3-1-6(2-4-7)5-12-14-8(10)13-11/h1-4,12H,5,11H2,(H3,10,13,14). The average Bonchev–Trinajstić information content (AvgIpc) is 2.21. The maximum Gasteiger partial charge on any atom is 0.217 e. The highest BCUT2D eigenvalue weighted by atomic mass is 35.5. The van der Waals surface area contributed by atoms with Gasteiger partial charge in [0, 0.05) is 11.6 Å². The number of rotatable bonds is 3. The molecule has 6 N–H and O–H groups in total.